The van der Waals surface area contributed by atoms with Crippen molar-refractivity contribution in [1.82, 2.24) is 5.32 Å². The van der Waals surface area contributed by atoms with E-state index in [-0.39, 0.29) is 6.04 Å². The topological polar surface area (TPSA) is 30.5 Å². The third-order valence-corrected chi connectivity index (χ3v) is 2.46. The molecule has 3 nitrogen and oxygen atoms in total. The molecule has 0 spiro atoms. The highest BCUT2D eigenvalue weighted by atomic mass is 16.5. The minimum atomic E-state index is 0.274. The van der Waals surface area contributed by atoms with Crippen LogP contribution in [0, 0.1) is 0 Å². The maximum atomic E-state index is 5.29. The summed E-state index contributed by atoms with van der Waals surface area (Å²) in [6.07, 6.45) is 1.87. The van der Waals surface area contributed by atoms with Crippen LogP contribution in [0.15, 0.2) is 30.9 Å². The Labute approximate surface area is 97.1 Å². The molecule has 88 valence electrons. The van der Waals surface area contributed by atoms with E-state index in [9.17, 15) is 0 Å². The van der Waals surface area contributed by atoms with Crippen molar-refractivity contribution >= 4 is 0 Å². The second-order valence-electron chi connectivity index (χ2n) is 3.58. The molecule has 0 aliphatic carbocycles. The fraction of sp³-hybridized carbons (Fsp3) is 0.385. The van der Waals surface area contributed by atoms with Crippen LogP contribution in [-0.4, -0.2) is 20.3 Å². The fourth-order valence-corrected chi connectivity index (χ4v) is 1.37. The third kappa shape index (κ3) is 3.28. The smallest absolute Gasteiger partial charge is 0.123 e. The van der Waals surface area contributed by atoms with Crippen molar-refractivity contribution in [2.75, 3.05) is 14.2 Å². The lowest BCUT2D eigenvalue weighted by Crippen LogP contribution is -2.23. The summed E-state index contributed by atoms with van der Waals surface area (Å²) in [4.78, 5) is 0. The zero-order valence-corrected chi connectivity index (χ0v) is 10.1. The summed E-state index contributed by atoms with van der Waals surface area (Å²) < 4.78 is 10.5. The van der Waals surface area contributed by atoms with E-state index in [2.05, 4.69) is 18.8 Å². The molecular formula is C13H19NO2. The molecule has 3 heteroatoms. The molecule has 1 aromatic carbocycles. The van der Waals surface area contributed by atoms with Gasteiger partial charge in [0.15, 0.2) is 0 Å². The number of rotatable bonds is 6. The Morgan fingerprint density at radius 1 is 1.38 bits per heavy atom. The minimum Gasteiger partial charge on any atom is -0.497 e. The average molecular weight is 221 g/mol. The van der Waals surface area contributed by atoms with Crippen LogP contribution in [0.1, 0.15) is 12.5 Å². The maximum absolute atomic E-state index is 5.29. The first kappa shape index (κ1) is 12.6. The summed E-state index contributed by atoms with van der Waals surface area (Å²) >= 11 is 0. The first-order chi connectivity index (χ1) is 7.71. The van der Waals surface area contributed by atoms with E-state index in [1.165, 1.54) is 0 Å². The van der Waals surface area contributed by atoms with Gasteiger partial charge in [-0.15, -0.1) is 6.58 Å². The van der Waals surface area contributed by atoms with E-state index in [1.807, 2.05) is 24.3 Å². The molecule has 0 radical (unpaired) electrons. The van der Waals surface area contributed by atoms with Crippen molar-refractivity contribution in [3.8, 4) is 11.5 Å². The Hall–Kier alpha value is -1.48. The summed E-state index contributed by atoms with van der Waals surface area (Å²) in [5.74, 6) is 1.70. The Kier molecular flexibility index (Phi) is 4.86. The number of hydrogen-bond acceptors (Lipinski definition) is 3. The Morgan fingerprint density at radius 2 is 2.12 bits per heavy atom. The fourth-order valence-electron chi connectivity index (χ4n) is 1.37. The van der Waals surface area contributed by atoms with Crippen LogP contribution in [0.4, 0.5) is 0 Å². The molecule has 0 saturated carbocycles. The highest BCUT2D eigenvalue weighted by Gasteiger charge is 2.05. The summed E-state index contributed by atoms with van der Waals surface area (Å²) in [7, 11) is 3.33. The largest absolute Gasteiger partial charge is 0.497 e. The standard InChI is InChI=1S/C13H19NO2/c1-5-10(2)14-9-11-8-12(15-3)6-7-13(11)16-4/h5-8,10,14H,1,9H2,2-4H3. The number of methoxy groups -OCH3 is 2. The van der Waals surface area contributed by atoms with Gasteiger partial charge in [0.2, 0.25) is 0 Å². The van der Waals surface area contributed by atoms with Gasteiger partial charge < -0.3 is 14.8 Å². The van der Waals surface area contributed by atoms with Crippen LogP contribution in [0.3, 0.4) is 0 Å². The molecule has 16 heavy (non-hydrogen) atoms. The molecule has 0 heterocycles. The average Bonchev–Trinajstić information content (AvgIpc) is 2.35. The SMILES string of the molecule is C=CC(C)NCc1cc(OC)ccc1OC. The Bertz CT molecular complexity index is 350. The highest BCUT2D eigenvalue weighted by Crippen LogP contribution is 2.23. The zero-order chi connectivity index (χ0) is 12.0. The third-order valence-electron chi connectivity index (χ3n) is 2.46. The van der Waals surface area contributed by atoms with Crippen LogP contribution in [0.5, 0.6) is 11.5 Å². The van der Waals surface area contributed by atoms with Crippen molar-refractivity contribution in [3.63, 3.8) is 0 Å². The molecule has 0 saturated heterocycles. The number of ether oxygens (including phenoxy) is 2. The predicted molar refractivity (Wildman–Crippen MR) is 66.0 cm³/mol. The van der Waals surface area contributed by atoms with Crippen LogP contribution in [0.2, 0.25) is 0 Å². The van der Waals surface area contributed by atoms with E-state index in [4.69, 9.17) is 9.47 Å². The van der Waals surface area contributed by atoms with E-state index in [0.29, 0.717) is 0 Å². The molecule has 0 aliphatic heterocycles. The van der Waals surface area contributed by atoms with Gasteiger partial charge in [0.25, 0.3) is 0 Å². The summed E-state index contributed by atoms with van der Waals surface area (Å²) in [6.45, 7) is 6.52. The molecule has 0 bridgehead atoms. The second kappa shape index (κ2) is 6.18. The van der Waals surface area contributed by atoms with Crippen molar-refractivity contribution in [3.05, 3.63) is 36.4 Å². The highest BCUT2D eigenvalue weighted by molar-refractivity contribution is 5.40. The molecule has 1 rings (SSSR count). The van der Waals surface area contributed by atoms with Crippen LogP contribution in [0.25, 0.3) is 0 Å². The summed E-state index contributed by atoms with van der Waals surface area (Å²) in [6, 6.07) is 6.05. The molecule has 1 unspecified atom stereocenters. The maximum Gasteiger partial charge on any atom is 0.123 e. The van der Waals surface area contributed by atoms with Gasteiger partial charge in [0.05, 0.1) is 14.2 Å². The van der Waals surface area contributed by atoms with Gasteiger partial charge in [-0.05, 0) is 25.1 Å². The minimum absolute atomic E-state index is 0.274. The molecule has 1 N–H and O–H groups in total. The first-order valence-corrected chi connectivity index (χ1v) is 5.28. The normalized spacial score (nSPS) is 11.9. The van der Waals surface area contributed by atoms with Gasteiger partial charge in [0, 0.05) is 18.2 Å². The van der Waals surface area contributed by atoms with Gasteiger partial charge in [0.1, 0.15) is 11.5 Å². The molecule has 0 aromatic heterocycles. The van der Waals surface area contributed by atoms with Gasteiger partial charge in [-0.1, -0.05) is 6.08 Å². The molecule has 0 aliphatic rings. The molecule has 1 aromatic rings. The Morgan fingerprint density at radius 3 is 2.69 bits per heavy atom. The van der Waals surface area contributed by atoms with Crippen LogP contribution in [-0.2, 0) is 6.54 Å². The molecular weight excluding hydrogens is 202 g/mol. The van der Waals surface area contributed by atoms with Gasteiger partial charge in [-0.2, -0.15) is 0 Å². The van der Waals surface area contributed by atoms with E-state index in [0.717, 1.165) is 23.6 Å². The van der Waals surface area contributed by atoms with E-state index in [1.54, 1.807) is 14.2 Å². The number of nitrogens with one attached hydrogen (secondary N) is 1. The van der Waals surface area contributed by atoms with Gasteiger partial charge in [-0.3, -0.25) is 0 Å². The van der Waals surface area contributed by atoms with E-state index < -0.39 is 0 Å². The monoisotopic (exact) mass is 221 g/mol. The Balaban J connectivity index is 2.78. The lowest BCUT2D eigenvalue weighted by atomic mass is 10.1. The number of hydrogen-bond donors (Lipinski definition) is 1. The van der Waals surface area contributed by atoms with Crippen molar-refractivity contribution in [1.29, 1.82) is 0 Å². The van der Waals surface area contributed by atoms with Gasteiger partial charge in [-0.25, -0.2) is 0 Å². The van der Waals surface area contributed by atoms with Crippen LogP contribution >= 0.6 is 0 Å². The predicted octanol–water partition coefficient (Wildman–Crippen LogP) is 2.37. The first-order valence-electron chi connectivity index (χ1n) is 5.28. The molecule has 0 fully saturated rings. The lowest BCUT2D eigenvalue weighted by Gasteiger charge is -2.13. The summed E-state index contributed by atoms with van der Waals surface area (Å²) in [5, 5.41) is 3.32. The van der Waals surface area contributed by atoms with Crippen molar-refractivity contribution < 1.29 is 9.47 Å². The second-order valence-corrected chi connectivity index (χ2v) is 3.58. The van der Waals surface area contributed by atoms with Gasteiger partial charge >= 0.3 is 0 Å². The van der Waals surface area contributed by atoms with E-state index >= 15 is 0 Å². The quantitative estimate of drug-likeness (QED) is 0.748. The summed E-state index contributed by atoms with van der Waals surface area (Å²) in [5.41, 5.74) is 1.08. The molecule has 1 atom stereocenters. The lowest BCUT2D eigenvalue weighted by molar-refractivity contribution is 0.396. The zero-order valence-electron chi connectivity index (χ0n) is 10.1. The van der Waals surface area contributed by atoms with Crippen molar-refractivity contribution in [2.45, 2.75) is 19.5 Å². The molecule has 0 amide bonds. The number of benzene rings is 1. The van der Waals surface area contributed by atoms with Crippen molar-refractivity contribution in [2.24, 2.45) is 0 Å². The van der Waals surface area contributed by atoms with Crippen LogP contribution < -0.4 is 14.8 Å².